The Bertz CT molecular complexity index is 1400. The van der Waals surface area contributed by atoms with Crippen molar-refractivity contribution < 1.29 is 46.2 Å². The lowest BCUT2D eigenvalue weighted by Gasteiger charge is -2.44. The van der Waals surface area contributed by atoms with Gasteiger partial charge in [-0.2, -0.15) is 13.2 Å². The lowest BCUT2D eigenvalue weighted by molar-refractivity contribution is -0.192. The van der Waals surface area contributed by atoms with Crippen LogP contribution in [-0.4, -0.2) is 93.9 Å². The lowest BCUT2D eigenvalue weighted by Crippen LogP contribution is -2.53. The van der Waals surface area contributed by atoms with Gasteiger partial charge in [-0.1, -0.05) is 29.3 Å². The molecule has 3 amide bonds. The Labute approximate surface area is 259 Å². The van der Waals surface area contributed by atoms with E-state index in [9.17, 15) is 36.3 Å². The van der Waals surface area contributed by atoms with Crippen molar-refractivity contribution in [2.45, 2.75) is 44.3 Å². The van der Waals surface area contributed by atoms with E-state index in [4.69, 9.17) is 33.1 Å². The summed E-state index contributed by atoms with van der Waals surface area (Å²) in [5.74, 6) is -5.82. The molecule has 2 aliphatic heterocycles. The minimum atomic E-state index is -5.08. The van der Waals surface area contributed by atoms with Crippen molar-refractivity contribution in [3.8, 4) is 0 Å². The molecule has 0 saturated carbocycles. The zero-order chi connectivity index (χ0) is 32.9. The summed E-state index contributed by atoms with van der Waals surface area (Å²) in [5.41, 5.74) is 0.322. The van der Waals surface area contributed by atoms with Crippen molar-refractivity contribution >= 4 is 46.9 Å². The van der Waals surface area contributed by atoms with E-state index in [2.05, 4.69) is 4.98 Å². The maximum atomic E-state index is 14.3. The third-order valence-electron chi connectivity index (χ3n) is 7.62. The van der Waals surface area contributed by atoms with Gasteiger partial charge < -0.3 is 19.8 Å². The molecule has 2 aromatic rings. The van der Waals surface area contributed by atoms with Crippen LogP contribution in [0.1, 0.15) is 48.2 Å². The van der Waals surface area contributed by atoms with Gasteiger partial charge >= 0.3 is 12.1 Å². The number of piperidine rings is 2. The number of aliphatic carboxylic acids is 1. The molecule has 0 aliphatic carbocycles. The molecule has 44 heavy (non-hydrogen) atoms. The standard InChI is InChI=1S/C26H28Cl2F2N4O3.C2HF3O2/c1-15(35)33-8-5-16(6-9-33)25(36)34-10-7-23(19(14-34)17-3-4-20(27)21(28)11-17)32(2)26(37)24-22(30)12-18(29)13-31-24;3-2(4,5)1(6)7/h3-4,11-13,16,19,23H,5-10,14H2,1-2H3;(H,6,7)/t19-,23+;/m0./s1. The summed E-state index contributed by atoms with van der Waals surface area (Å²) in [6, 6.07) is 5.41. The number of carboxylic acid groups (broad SMARTS) is 1. The smallest absolute Gasteiger partial charge is 0.475 e. The second kappa shape index (κ2) is 14.5. The number of carbonyl (C=O) groups is 4. The molecular weight excluding hydrogens is 638 g/mol. The van der Waals surface area contributed by atoms with E-state index in [-0.39, 0.29) is 23.7 Å². The van der Waals surface area contributed by atoms with Crippen molar-refractivity contribution in [2.24, 2.45) is 5.92 Å². The van der Waals surface area contributed by atoms with E-state index >= 15 is 0 Å². The number of carbonyl (C=O) groups excluding carboxylic acids is 3. The molecule has 9 nitrogen and oxygen atoms in total. The topological polar surface area (TPSA) is 111 Å². The summed E-state index contributed by atoms with van der Waals surface area (Å²) in [7, 11) is 1.55. The maximum Gasteiger partial charge on any atom is 0.490 e. The van der Waals surface area contributed by atoms with Gasteiger partial charge in [0, 0.05) is 64.1 Å². The molecule has 4 rings (SSSR count). The number of rotatable bonds is 4. The Kier molecular flexibility index (Phi) is 11.5. The summed E-state index contributed by atoms with van der Waals surface area (Å²) in [6.07, 6.45) is -2.64. The number of hydrogen-bond acceptors (Lipinski definition) is 5. The molecule has 1 N–H and O–H groups in total. The lowest BCUT2D eigenvalue weighted by atomic mass is 9.84. The Hall–Kier alpha value is -3.52. The number of carboxylic acids is 1. The normalized spacial score (nSPS) is 19.1. The van der Waals surface area contributed by atoms with E-state index in [1.807, 2.05) is 0 Å². The second-order valence-electron chi connectivity index (χ2n) is 10.4. The van der Waals surface area contributed by atoms with Gasteiger partial charge in [-0.25, -0.2) is 18.6 Å². The summed E-state index contributed by atoms with van der Waals surface area (Å²) in [6.45, 7) is 3.36. The fourth-order valence-electron chi connectivity index (χ4n) is 5.26. The zero-order valence-electron chi connectivity index (χ0n) is 23.6. The number of alkyl halides is 3. The number of nitrogens with zero attached hydrogens (tertiary/aromatic N) is 4. The molecule has 0 unspecified atom stereocenters. The molecule has 0 bridgehead atoms. The molecule has 240 valence electrons. The monoisotopic (exact) mass is 666 g/mol. The summed E-state index contributed by atoms with van der Waals surface area (Å²) < 4.78 is 59.4. The van der Waals surface area contributed by atoms with E-state index in [1.165, 1.54) is 11.8 Å². The molecule has 2 aliphatic rings. The summed E-state index contributed by atoms with van der Waals surface area (Å²) in [5, 5.41) is 7.85. The van der Waals surface area contributed by atoms with E-state index in [1.54, 1.807) is 35.0 Å². The fourth-order valence-corrected chi connectivity index (χ4v) is 5.57. The quantitative estimate of drug-likeness (QED) is 0.459. The van der Waals surface area contributed by atoms with Gasteiger partial charge in [0.2, 0.25) is 11.8 Å². The van der Waals surface area contributed by atoms with E-state index in [0.29, 0.717) is 61.6 Å². The number of likely N-dealkylation sites (N-methyl/N-ethyl adjacent to an activating group) is 1. The predicted octanol–water partition coefficient (Wildman–Crippen LogP) is 5.02. The zero-order valence-corrected chi connectivity index (χ0v) is 25.1. The molecule has 1 aromatic heterocycles. The minimum Gasteiger partial charge on any atom is -0.475 e. The first-order valence-electron chi connectivity index (χ1n) is 13.4. The number of benzene rings is 1. The third kappa shape index (κ3) is 8.56. The highest BCUT2D eigenvalue weighted by molar-refractivity contribution is 6.42. The van der Waals surface area contributed by atoms with Crippen LogP contribution in [0.15, 0.2) is 30.5 Å². The van der Waals surface area contributed by atoms with Crippen molar-refractivity contribution in [1.82, 2.24) is 19.7 Å². The van der Waals surface area contributed by atoms with Crippen LogP contribution < -0.4 is 0 Å². The van der Waals surface area contributed by atoms with Gasteiger partial charge in [-0.15, -0.1) is 0 Å². The first-order valence-corrected chi connectivity index (χ1v) is 14.1. The van der Waals surface area contributed by atoms with Gasteiger partial charge in [0.15, 0.2) is 11.5 Å². The van der Waals surface area contributed by atoms with Crippen molar-refractivity contribution in [1.29, 1.82) is 0 Å². The average molecular weight is 667 g/mol. The third-order valence-corrected chi connectivity index (χ3v) is 8.36. The minimum absolute atomic E-state index is 0.00572. The Morgan fingerprint density at radius 1 is 0.977 bits per heavy atom. The summed E-state index contributed by atoms with van der Waals surface area (Å²) >= 11 is 12.4. The van der Waals surface area contributed by atoms with Crippen LogP contribution in [0.4, 0.5) is 22.0 Å². The van der Waals surface area contributed by atoms with Crippen molar-refractivity contribution in [3.05, 3.63) is 63.4 Å². The second-order valence-corrected chi connectivity index (χ2v) is 11.2. The molecule has 3 heterocycles. The first kappa shape index (κ1) is 35.0. The molecule has 1 aromatic carbocycles. The van der Waals surface area contributed by atoms with Gasteiger partial charge in [-0.3, -0.25) is 14.4 Å². The van der Waals surface area contributed by atoms with E-state index in [0.717, 1.165) is 11.8 Å². The molecule has 0 radical (unpaired) electrons. The number of likely N-dealkylation sites (tertiary alicyclic amines) is 2. The van der Waals surface area contributed by atoms with Crippen LogP contribution in [0.5, 0.6) is 0 Å². The highest BCUT2D eigenvalue weighted by atomic mass is 35.5. The number of pyridine rings is 1. The highest BCUT2D eigenvalue weighted by Crippen LogP contribution is 2.35. The van der Waals surface area contributed by atoms with Crippen LogP contribution in [0.2, 0.25) is 10.0 Å². The molecule has 2 fully saturated rings. The number of aromatic nitrogens is 1. The molecule has 0 spiro atoms. The van der Waals surface area contributed by atoms with Gasteiger partial charge in [0.05, 0.1) is 16.2 Å². The molecular formula is C28H29Cl2F5N4O5. The highest BCUT2D eigenvalue weighted by Gasteiger charge is 2.40. The first-order chi connectivity index (χ1) is 20.5. The number of halogens is 7. The predicted molar refractivity (Wildman–Crippen MR) is 149 cm³/mol. The van der Waals surface area contributed by atoms with Gasteiger partial charge in [0.25, 0.3) is 5.91 Å². The van der Waals surface area contributed by atoms with Crippen LogP contribution >= 0.6 is 23.2 Å². The summed E-state index contributed by atoms with van der Waals surface area (Å²) in [4.78, 5) is 55.8. The average Bonchev–Trinajstić information content (AvgIpc) is 2.97. The van der Waals surface area contributed by atoms with Crippen molar-refractivity contribution in [2.75, 3.05) is 33.2 Å². The Balaban J connectivity index is 0.000000676. The van der Waals surface area contributed by atoms with Crippen LogP contribution in [0.3, 0.4) is 0 Å². The van der Waals surface area contributed by atoms with Crippen LogP contribution in [-0.2, 0) is 14.4 Å². The Morgan fingerprint density at radius 2 is 1.57 bits per heavy atom. The van der Waals surface area contributed by atoms with Crippen LogP contribution in [0.25, 0.3) is 0 Å². The SMILES string of the molecule is CC(=O)N1CCC(C(=O)N2CC[C@@H](N(C)C(=O)c3ncc(F)cc3F)[C@H](c3ccc(Cl)c(Cl)c3)C2)CC1.O=C(O)C(F)(F)F. The molecule has 16 heteroatoms. The van der Waals surface area contributed by atoms with Gasteiger partial charge in [0.1, 0.15) is 5.82 Å². The number of hydrogen-bond donors (Lipinski definition) is 1. The maximum absolute atomic E-state index is 14.3. The van der Waals surface area contributed by atoms with Gasteiger partial charge in [-0.05, 0) is 37.0 Å². The van der Waals surface area contributed by atoms with Crippen molar-refractivity contribution in [3.63, 3.8) is 0 Å². The fraction of sp³-hybridized carbons (Fsp3) is 0.464. The molecule has 2 atom stereocenters. The largest absolute Gasteiger partial charge is 0.490 e. The van der Waals surface area contributed by atoms with Crippen LogP contribution in [0, 0.1) is 17.6 Å². The van der Waals surface area contributed by atoms with E-state index < -0.39 is 41.4 Å². The number of amides is 3. The Morgan fingerprint density at radius 3 is 2.09 bits per heavy atom. The molecule has 2 saturated heterocycles.